The molecule has 0 radical (unpaired) electrons. The van der Waals surface area contributed by atoms with Crippen molar-refractivity contribution < 1.29 is 9.90 Å². The molecule has 1 heterocycles. The number of hydrogen-bond acceptors (Lipinski definition) is 3. The van der Waals surface area contributed by atoms with E-state index >= 15 is 0 Å². The minimum Gasteiger partial charge on any atom is -0.396 e. The van der Waals surface area contributed by atoms with Crippen molar-refractivity contribution in [1.82, 2.24) is 10.6 Å². The molecule has 1 aliphatic rings. The van der Waals surface area contributed by atoms with Crippen LogP contribution in [0.25, 0.3) is 0 Å². The first-order chi connectivity index (χ1) is 9.24. The highest BCUT2D eigenvalue weighted by molar-refractivity contribution is 5.94. The van der Waals surface area contributed by atoms with Gasteiger partial charge < -0.3 is 15.7 Å². The van der Waals surface area contributed by atoms with Crippen LogP contribution in [0.15, 0.2) is 18.2 Å². The Labute approximate surface area is 114 Å². The molecule has 1 aromatic rings. The van der Waals surface area contributed by atoms with Crippen molar-refractivity contribution in [1.29, 1.82) is 0 Å². The summed E-state index contributed by atoms with van der Waals surface area (Å²) in [4.78, 5) is 12.2. The molecule has 2 rings (SSSR count). The van der Waals surface area contributed by atoms with Crippen molar-refractivity contribution in [2.45, 2.75) is 38.8 Å². The van der Waals surface area contributed by atoms with Crippen LogP contribution in [0.3, 0.4) is 0 Å². The quantitative estimate of drug-likeness (QED) is 0.748. The molecule has 1 aliphatic heterocycles. The first-order valence-electron chi connectivity index (χ1n) is 6.98. The number of carbonyl (C=O) groups is 1. The third-order valence-electron chi connectivity index (χ3n) is 3.66. The van der Waals surface area contributed by atoms with E-state index in [4.69, 9.17) is 5.11 Å². The van der Waals surface area contributed by atoms with Crippen LogP contribution in [0.4, 0.5) is 0 Å². The summed E-state index contributed by atoms with van der Waals surface area (Å²) >= 11 is 0. The number of benzene rings is 1. The maximum absolute atomic E-state index is 12.2. The van der Waals surface area contributed by atoms with E-state index in [2.05, 4.69) is 16.7 Å². The lowest BCUT2D eigenvalue weighted by Crippen LogP contribution is -2.35. The van der Waals surface area contributed by atoms with E-state index < -0.39 is 0 Å². The number of rotatable bonds is 5. The average molecular weight is 262 g/mol. The van der Waals surface area contributed by atoms with Gasteiger partial charge in [-0.1, -0.05) is 13.0 Å². The zero-order chi connectivity index (χ0) is 13.7. The number of fused-ring (bicyclic) bond motifs is 1. The average Bonchev–Trinajstić information content (AvgIpc) is 2.46. The van der Waals surface area contributed by atoms with Gasteiger partial charge >= 0.3 is 0 Å². The summed E-state index contributed by atoms with van der Waals surface area (Å²) in [7, 11) is 0. The Morgan fingerprint density at radius 2 is 2.32 bits per heavy atom. The highest BCUT2D eigenvalue weighted by Crippen LogP contribution is 2.16. The van der Waals surface area contributed by atoms with E-state index in [1.807, 2.05) is 19.1 Å². The molecule has 3 N–H and O–H groups in total. The summed E-state index contributed by atoms with van der Waals surface area (Å²) < 4.78 is 0. The maximum Gasteiger partial charge on any atom is 0.251 e. The number of aliphatic hydroxyl groups is 1. The molecule has 0 fully saturated rings. The molecule has 1 atom stereocenters. The van der Waals surface area contributed by atoms with Gasteiger partial charge in [-0.25, -0.2) is 0 Å². The molecule has 19 heavy (non-hydrogen) atoms. The van der Waals surface area contributed by atoms with Crippen LogP contribution in [0.5, 0.6) is 0 Å². The number of nitrogens with one attached hydrogen (secondary N) is 2. The molecular weight excluding hydrogens is 240 g/mol. The molecule has 104 valence electrons. The normalized spacial score (nSPS) is 15.7. The Morgan fingerprint density at radius 1 is 1.47 bits per heavy atom. The van der Waals surface area contributed by atoms with Crippen LogP contribution in [0, 0.1) is 0 Å². The molecule has 0 spiro atoms. The highest BCUT2D eigenvalue weighted by Gasteiger charge is 2.15. The molecule has 1 unspecified atom stereocenters. The zero-order valence-corrected chi connectivity index (χ0v) is 11.4. The van der Waals surface area contributed by atoms with Gasteiger partial charge in [0.05, 0.1) is 0 Å². The molecule has 1 aromatic carbocycles. The first kappa shape index (κ1) is 14.0. The van der Waals surface area contributed by atoms with E-state index in [1.54, 1.807) is 0 Å². The van der Waals surface area contributed by atoms with Gasteiger partial charge in [-0.05, 0) is 49.1 Å². The fraction of sp³-hybridized carbons (Fsp3) is 0.533. The second-order valence-electron chi connectivity index (χ2n) is 5.00. The van der Waals surface area contributed by atoms with Crippen molar-refractivity contribution in [3.05, 3.63) is 34.9 Å². The van der Waals surface area contributed by atoms with E-state index in [0.29, 0.717) is 12.0 Å². The zero-order valence-electron chi connectivity index (χ0n) is 11.4. The minimum absolute atomic E-state index is 0.0475. The van der Waals surface area contributed by atoms with E-state index in [1.165, 1.54) is 11.1 Å². The summed E-state index contributed by atoms with van der Waals surface area (Å²) in [6.45, 7) is 3.96. The molecule has 0 aromatic heterocycles. The van der Waals surface area contributed by atoms with Crippen LogP contribution >= 0.6 is 0 Å². The van der Waals surface area contributed by atoms with Gasteiger partial charge in [0, 0.05) is 24.8 Å². The molecular formula is C15H22N2O2. The third-order valence-corrected chi connectivity index (χ3v) is 3.66. The summed E-state index contributed by atoms with van der Waals surface area (Å²) in [5.41, 5.74) is 3.26. The van der Waals surface area contributed by atoms with Crippen LogP contribution in [0.2, 0.25) is 0 Å². The van der Waals surface area contributed by atoms with Crippen LogP contribution in [-0.2, 0) is 13.0 Å². The summed E-state index contributed by atoms with van der Waals surface area (Å²) in [6.07, 6.45) is 2.47. The lowest BCUT2D eigenvalue weighted by atomic mass is 9.98. The van der Waals surface area contributed by atoms with Gasteiger partial charge in [0.2, 0.25) is 0 Å². The predicted octanol–water partition coefficient (Wildman–Crippen LogP) is 1.22. The second kappa shape index (κ2) is 6.68. The Kier molecular flexibility index (Phi) is 4.93. The van der Waals surface area contributed by atoms with Crippen molar-refractivity contribution in [2.75, 3.05) is 13.2 Å². The smallest absolute Gasteiger partial charge is 0.251 e. The van der Waals surface area contributed by atoms with Gasteiger partial charge in [0.25, 0.3) is 5.91 Å². The fourth-order valence-corrected chi connectivity index (χ4v) is 2.42. The van der Waals surface area contributed by atoms with Gasteiger partial charge in [-0.15, -0.1) is 0 Å². The molecule has 0 saturated heterocycles. The molecule has 0 bridgehead atoms. The number of amides is 1. The lowest BCUT2D eigenvalue weighted by molar-refractivity contribution is 0.0929. The van der Waals surface area contributed by atoms with E-state index in [0.717, 1.165) is 25.9 Å². The van der Waals surface area contributed by atoms with Gasteiger partial charge in [0.1, 0.15) is 0 Å². The molecule has 4 nitrogen and oxygen atoms in total. The molecule has 4 heteroatoms. The SMILES string of the molecule is CCC(CCO)NC(=O)c1ccc2c(c1)CNCC2. The largest absolute Gasteiger partial charge is 0.396 e. The number of hydrogen-bond donors (Lipinski definition) is 3. The van der Waals surface area contributed by atoms with Crippen molar-refractivity contribution in [3.8, 4) is 0 Å². The van der Waals surface area contributed by atoms with E-state index in [9.17, 15) is 4.79 Å². The van der Waals surface area contributed by atoms with E-state index in [-0.39, 0.29) is 18.6 Å². The molecule has 0 saturated carbocycles. The first-order valence-corrected chi connectivity index (χ1v) is 6.98. The third kappa shape index (κ3) is 3.55. The number of carbonyl (C=O) groups excluding carboxylic acids is 1. The maximum atomic E-state index is 12.2. The Bertz CT molecular complexity index is 446. The molecule has 0 aliphatic carbocycles. The Balaban J connectivity index is 2.06. The second-order valence-corrected chi connectivity index (χ2v) is 5.00. The summed E-state index contributed by atoms with van der Waals surface area (Å²) in [5, 5.41) is 15.2. The van der Waals surface area contributed by atoms with Gasteiger partial charge in [-0.2, -0.15) is 0 Å². The molecule has 1 amide bonds. The topological polar surface area (TPSA) is 61.4 Å². The monoisotopic (exact) mass is 262 g/mol. The predicted molar refractivity (Wildman–Crippen MR) is 75.1 cm³/mol. The van der Waals surface area contributed by atoms with Crippen molar-refractivity contribution in [3.63, 3.8) is 0 Å². The Hall–Kier alpha value is -1.39. The van der Waals surface area contributed by atoms with Crippen LogP contribution < -0.4 is 10.6 Å². The van der Waals surface area contributed by atoms with Crippen molar-refractivity contribution >= 4 is 5.91 Å². The van der Waals surface area contributed by atoms with Gasteiger partial charge in [-0.3, -0.25) is 4.79 Å². The van der Waals surface area contributed by atoms with Crippen LogP contribution in [0.1, 0.15) is 41.3 Å². The van der Waals surface area contributed by atoms with Crippen LogP contribution in [-0.4, -0.2) is 30.2 Å². The standard InChI is InChI=1S/C15H22N2O2/c1-2-14(6-8-18)17-15(19)12-4-3-11-5-7-16-10-13(11)9-12/h3-4,9,14,16,18H,2,5-8,10H2,1H3,(H,17,19). The number of aliphatic hydroxyl groups excluding tert-OH is 1. The summed E-state index contributed by atoms with van der Waals surface area (Å²) in [5.74, 6) is -0.0475. The lowest BCUT2D eigenvalue weighted by Gasteiger charge is -2.19. The minimum atomic E-state index is -0.0475. The van der Waals surface area contributed by atoms with Crippen molar-refractivity contribution in [2.24, 2.45) is 0 Å². The fourth-order valence-electron chi connectivity index (χ4n) is 2.42. The highest BCUT2D eigenvalue weighted by atomic mass is 16.3. The summed E-state index contributed by atoms with van der Waals surface area (Å²) in [6, 6.07) is 5.97. The Morgan fingerprint density at radius 3 is 3.05 bits per heavy atom. The van der Waals surface area contributed by atoms with Gasteiger partial charge in [0.15, 0.2) is 0 Å².